The van der Waals surface area contributed by atoms with Gasteiger partial charge in [0.05, 0.1) is 12.2 Å². The van der Waals surface area contributed by atoms with Crippen LogP contribution in [-0.2, 0) is 6.54 Å². The molecule has 0 aromatic carbocycles. The minimum Gasteiger partial charge on any atom is -0.383 e. The Morgan fingerprint density at radius 3 is 2.50 bits per heavy atom. The first-order valence-electron chi connectivity index (χ1n) is 6.79. The van der Waals surface area contributed by atoms with E-state index in [1.807, 2.05) is 39.0 Å². The third kappa shape index (κ3) is 3.04. The summed E-state index contributed by atoms with van der Waals surface area (Å²) >= 11 is 0. The van der Waals surface area contributed by atoms with Crippen LogP contribution in [-0.4, -0.2) is 21.5 Å². The van der Waals surface area contributed by atoms with Crippen molar-refractivity contribution in [1.29, 1.82) is 0 Å². The van der Waals surface area contributed by atoms with Crippen molar-refractivity contribution in [2.75, 3.05) is 17.2 Å². The van der Waals surface area contributed by atoms with E-state index in [0.29, 0.717) is 11.6 Å². The van der Waals surface area contributed by atoms with E-state index in [9.17, 15) is 0 Å². The highest BCUT2D eigenvalue weighted by Crippen LogP contribution is 2.22. The molecule has 0 saturated carbocycles. The van der Waals surface area contributed by atoms with Crippen LogP contribution in [0.1, 0.15) is 29.7 Å². The van der Waals surface area contributed by atoms with Crippen LogP contribution in [0, 0.1) is 20.8 Å². The summed E-state index contributed by atoms with van der Waals surface area (Å²) in [5, 5.41) is 0. The van der Waals surface area contributed by atoms with E-state index < -0.39 is 0 Å². The van der Waals surface area contributed by atoms with E-state index in [-0.39, 0.29) is 0 Å². The lowest BCUT2D eigenvalue weighted by atomic mass is 10.2. The minimum absolute atomic E-state index is 0.545. The van der Waals surface area contributed by atoms with E-state index in [0.717, 1.165) is 35.9 Å². The highest BCUT2D eigenvalue weighted by Gasteiger charge is 2.14. The van der Waals surface area contributed by atoms with E-state index in [4.69, 9.17) is 5.73 Å². The summed E-state index contributed by atoms with van der Waals surface area (Å²) in [6, 6.07) is 6.05. The van der Waals surface area contributed by atoms with Crippen LogP contribution in [0.5, 0.6) is 0 Å². The van der Waals surface area contributed by atoms with E-state index in [1.165, 1.54) is 0 Å². The number of hydrogen-bond donors (Lipinski definition) is 1. The number of pyridine rings is 1. The summed E-state index contributed by atoms with van der Waals surface area (Å²) in [5.41, 5.74) is 8.91. The number of nitrogens with zero attached hydrogens (tertiary/aromatic N) is 4. The molecule has 0 fully saturated rings. The van der Waals surface area contributed by atoms with Crippen molar-refractivity contribution in [2.24, 2.45) is 0 Å². The summed E-state index contributed by atoms with van der Waals surface area (Å²) in [4.78, 5) is 15.4. The lowest BCUT2D eigenvalue weighted by molar-refractivity contribution is 0.779. The van der Waals surface area contributed by atoms with Gasteiger partial charge in [-0.05, 0) is 39.8 Å². The molecule has 0 aliphatic rings. The van der Waals surface area contributed by atoms with Gasteiger partial charge in [0.1, 0.15) is 17.5 Å². The van der Waals surface area contributed by atoms with Crippen LogP contribution in [0.15, 0.2) is 18.2 Å². The van der Waals surface area contributed by atoms with Gasteiger partial charge in [0.15, 0.2) is 0 Å². The zero-order chi connectivity index (χ0) is 14.7. The van der Waals surface area contributed by atoms with Crippen LogP contribution in [0.25, 0.3) is 0 Å². The second-order valence-electron chi connectivity index (χ2n) is 4.89. The van der Waals surface area contributed by atoms with Gasteiger partial charge >= 0.3 is 0 Å². The number of anilines is 2. The molecule has 5 nitrogen and oxygen atoms in total. The molecule has 0 aliphatic heterocycles. The van der Waals surface area contributed by atoms with Gasteiger partial charge in [0.25, 0.3) is 0 Å². The molecule has 0 amide bonds. The normalized spacial score (nSPS) is 10.6. The number of hydrogen-bond acceptors (Lipinski definition) is 5. The van der Waals surface area contributed by atoms with Crippen molar-refractivity contribution < 1.29 is 0 Å². The second-order valence-corrected chi connectivity index (χ2v) is 4.89. The first-order valence-corrected chi connectivity index (χ1v) is 6.79. The Bertz CT molecular complexity index is 609. The van der Waals surface area contributed by atoms with Gasteiger partial charge in [-0.2, -0.15) is 0 Å². The van der Waals surface area contributed by atoms with Gasteiger partial charge in [-0.25, -0.2) is 9.97 Å². The van der Waals surface area contributed by atoms with Crippen LogP contribution >= 0.6 is 0 Å². The molecule has 2 N–H and O–H groups in total. The number of rotatable bonds is 4. The lowest BCUT2D eigenvalue weighted by Crippen LogP contribution is -2.25. The zero-order valence-corrected chi connectivity index (χ0v) is 12.5. The smallest absolute Gasteiger partial charge is 0.137 e. The SMILES string of the molecule is CCN(Cc1cccc(C)n1)c1nc(C)nc(N)c1C. The minimum atomic E-state index is 0.545. The second kappa shape index (κ2) is 5.86. The molecule has 5 heteroatoms. The van der Waals surface area contributed by atoms with Gasteiger partial charge in [-0.15, -0.1) is 0 Å². The van der Waals surface area contributed by atoms with Crippen molar-refractivity contribution in [2.45, 2.75) is 34.2 Å². The Hall–Kier alpha value is -2.17. The molecule has 2 rings (SSSR count). The van der Waals surface area contributed by atoms with Gasteiger partial charge in [-0.3, -0.25) is 4.98 Å². The van der Waals surface area contributed by atoms with Crippen molar-refractivity contribution in [1.82, 2.24) is 15.0 Å². The van der Waals surface area contributed by atoms with Crippen molar-refractivity contribution >= 4 is 11.6 Å². The van der Waals surface area contributed by atoms with E-state index in [2.05, 4.69) is 26.8 Å². The quantitative estimate of drug-likeness (QED) is 0.924. The molecule has 0 spiro atoms. The fraction of sp³-hybridized carbons (Fsp3) is 0.400. The molecule has 0 aliphatic carbocycles. The monoisotopic (exact) mass is 271 g/mol. The molecule has 2 heterocycles. The predicted octanol–water partition coefficient (Wildman–Crippen LogP) is 2.41. The number of nitrogens with two attached hydrogens (primary N) is 1. The molecule has 0 unspecified atom stereocenters. The first-order chi connectivity index (χ1) is 9.51. The Kier molecular flexibility index (Phi) is 4.17. The summed E-state index contributed by atoms with van der Waals surface area (Å²) in [6.07, 6.45) is 0. The zero-order valence-electron chi connectivity index (χ0n) is 12.5. The largest absolute Gasteiger partial charge is 0.383 e. The molecule has 0 radical (unpaired) electrons. The highest BCUT2D eigenvalue weighted by molar-refractivity contribution is 5.56. The molecule has 0 atom stereocenters. The summed E-state index contributed by atoms with van der Waals surface area (Å²) in [7, 11) is 0. The van der Waals surface area contributed by atoms with Gasteiger partial charge in [-0.1, -0.05) is 6.07 Å². The number of aromatic nitrogens is 3. The molecule has 106 valence electrons. The summed E-state index contributed by atoms with van der Waals surface area (Å²) < 4.78 is 0. The standard InChI is InChI=1S/C15H21N5/c1-5-20(9-13-8-6-7-10(2)17-13)15-11(3)14(16)18-12(4)19-15/h6-8H,5,9H2,1-4H3,(H2,16,18,19). The maximum Gasteiger partial charge on any atom is 0.137 e. The third-order valence-corrected chi connectivity index (χ3v) is 3.25. The highest BCUT2D eigenvalue weighted by atomic mass is 15.2. The van der Waals surface area contributed by atoms with E-state index in [1.54, 1.807) is 0 Å². The average Bonchev–Trinajstić information content (AvgIpc) is 2.40. The topological polar surface area (TPSA) is 67.9 Å². The predicted molar refractivity (Wildman–Crippen MR) is 81.6 cm³/mol. The van der Waals surface area contributed by atoms with Crippen LogP contribution < -0.4 is 10.6 Å². The van der Waals surface area contributed by atoms with Gasteiger partial charge in [0, 0.05) is 17.8 Å². The Morgan fingerprint density at radius 2 is 1.85 bits per heavy atom. The molecule has 2 aromatic rings. The van der Waals surface area contributed by atoms with Crippen LogP contribution in [0.3, 0.4) is 0 Å². The van der Waals surface area contributed by atoms with Crippen molar-refractivity contribution in [3.05, 3.63) is 41.0 Å². The first kappa shape index (κ1) is 14.2. The Morgan fingerprint density at radius 1 is 1.10 bits per heavy atom. The van der Waals surface area contributed by atoms with Crippen LogP contribution in [0.4, 0.5) is 11.6 Å². The number of nitrogen functional groups attached to an aromatic ring is 1. The van der Waals surface area contributed by atoms with Crippen molar-refractivity contribution in [3.8, 4) is 0 Å². The van der Waals surface area contributed by atoms with E-state index >= 15 is 0 Å². The van der Waals surface area contributed by atoms with Gasteiger partial charge in [0.2, 0.25) is 0 Å². The number of aryl methyl sites for hydroxylation is 2. The third-order valence-electron chi connectivity index (χ3n) is 3.25. The summed E-state index contributed by atoms with van der Waals surface area (Å²) in [6.45, 7) is 9.47. The fourth-order valence-electron chi connectivity index (χ4n) is 2.16. The Labute approximate surface area is 119 Å². The van der Waals surface area contributed by atoms with Crippen molar-refractivity contribution in [3.63, 3.8) is 0 Å². The molecule has 0 bridgehead atoms. The molecule has 20 heavy (non-hydrogen) atoms. The maximum atomic E-state index is 5.94. The molecule has 0 saturated heterocycles. The lowest BCUT2D eigenvalue weighted by Gasteiger charge is -2.24. The fourth-order valence-corrected chi connectivity index (χ4v) is 2.16. The van der Waals surface area contributed by atoms with Crippen LogP contribution in [0.2, 0.25) is 0 Å². The molecule has 2 aromatic heterocycles. The van der Waals surface area contributed by atoms with Gasteiger partial charge < -0.3 is 10.6 Å². The molecular weight excluding hydrogens is 250 g/mol. The average molecular weight is 271 g/mol. The molecular formula is C15H21N5. The maximum absolute atomic E-state index is 5.94. The summed E-state index contributed by atoms with van der Waals surface area (Å²) in [5.74, 6) is 2.13. The Balaban J connectivity index is 2.33.